The smallest absolute Gasteiger partial charge is 0.261 e. The van der Waals surface area contributed by atoms with Gasteiger partial charge in [-0.3, -0.25) is 4.79 Å². The van der Waals surface area contributed by atoms with Gasteiger partial charge in [0.05, 0.1) is 41.0 Å². The fourth-order valence-corrected chi connectivity index (χ4v) is 14.6. The largest absolute Gasteiger partial charge is 0.400 e. The summed E-state index contributed by atoms with van der Waals surface area (Å²) >= 11 is 1.68. The van der Waals surface area contributed by atoms with Crippen molar-refractivity contribution in [1.29, 1.82) is 0 Å². The molecule has 0 radical (unpaired) electrons. The van der Waals surface area contributed by atoms with Crippen LogP contribution in [0.2, 0.25) is 5.04 Å². The van der Waals surface area contributed by atoms with Gasteiger partial charge in [-0.05, 0) is 119 Å². The highest BCUT2D eigenvalue weighted by molar-refractivity contribution is 7.09. The molecule has 2 aromatic carbocycles. The molecule has 2 unspecified atom stereocenters. The summed E-state index contributed by atoms with van der Waals surface area (Å²) in [6.07, 6.45) is 11.0. The maximum Gasteiger partial charge on any atom is 0.261 e. The predicted octanol–water partition coefficient (Wildman–Crippen LogP) is 11.6. The lowest BCUT2D eigenvalue weighted by Gasteiger charge is -2.45. The molecule has 2 aliphatic rings. The first-order chi connectivity index (χ1) is 28.3. The molecule has 1 aromatic heterocycles. The van der Waals surface area contributed by atoms with Gasteiger partial charge >= 0.3 is 0 Å². The number of ketones is 1. The van der Waals surface area contributed by atoms with E-state index in [1.807, 2.05) is 27.7 Å². The van der Waals surface area contributed by atoms with Crippen molar-refractivity contribution < 1.29 is 28.2 Å². The van der Waals surface area contributed by atoms with Gasteiger partial charge in [0.15, 0.2) is 12.1 Å². The van der Waals surface area contributed by atoms with Crippen molar-refractivity contribution in [2.24, 2.45) is 17.3 Å². The van der Waals surface area contributed by atoms with E-state index in [0.29, 0.717) is 19.6 Å². The fraction of sp³-hybridized carbons (Fsp3) is 0.608. The Balaban J connectivity index is 1.35. The van der Waals surface area contributed by atoms with Gasteiger partial charge in [-0.2, -0.15) is 0 Å². The Morgan fingerprint density at radius 2 is 1.62 bits per heavy atom. The first kappa shape index (κ1) is 48.3. The number of carbonyl (C=O) groups excluding carboxylic acids is 1. The molecule has 0 N–H and O–H groups in total. The van der Waals surface area contributed by atoms with E-state index in [2.05, 4.69) is 134 Å². The van der Waals surface area contributed by atoms with Crippen LogP contribution in [0.25, 0.3) is 6.08 Å². The number of aromatic nitrogens is 1. The average Bonchev–Trinajstić information content (AvgIpc) is 3.63. The standard InChI is InChI=1S/C51H75NO6SSi/c1-36(23-19-20-24-37(2)47(56-46-29-21-22-31-54-46)39(4)48(53)50(9,10)45-30-32-55-51(11,12)57-45)33-44(38(3)34-41-35-59-40(5)52-41)58-60(49(6,7)8,42-25-15-13-16-26-42)43-27-17-14-18-28-43/h13-18,23,25-28,34-35,37,39,44-47H,19-22,24,29-33H2,1-12H3/b36-23+,38-34+/t37-,39?,44-,45-,46?,47-/m0/s1. The number of Topliss-reactive ketones (excluding diaryl/α,β-unsaturated/α-hetero) is 1. The molecular formula is C51H75NO6SSi. The summed E-state index contributed by atoms with van der Waals surface area (Å²) in [5, 5.41) is 5.59. The summed E-state index contributed by atoms with van der Waals surface area (Å²) in [6.45, 7) is 27.0. The summed E-state index contributed by atoms with van der Waals surface area (Å²) in [7, 11) is -2.84. The second-order valence-electron chi connectivity index (χ2n) is 19.5. The van der Waals surface area contributed by atoms with Crippen LogP contribution in [0.4, 0.5) is 0 Å². The predicted molar refractivity (Wildman–Crippen MR) is 250 cm³/mol. The van der Waals surface area contributed by atoms with Crippen LogP contribution >= 0.6 is 11.3 Å². The molecule has 60 heavy (non-hydrogen) atoms. The highest BCUT2D eigenvalue weighted by Crippen LogP contribution is 2.41. The lowest BCUT2D eigenvalue weighted by Crippen LogP contribution is -2.67. The highest BCUT2D eigenvalue weighted by Gasteiger charge is 2.52. The number of nitrogens with zero attached hydrogens (tertiary/aromatic N) is 1. The van der Waals surface area contributed by atoms with Crippen molar-refractivity contribution in [1.82, 2.24) is 4.98 Å². The molecule has 0 aliphatic carbocycles. The van der Waals surface area contributed by atoms with Crippen LogP contribution in [0.3, 0.4) is 0 Å². The molecule has 7 nitrogen and oxygen atoms in total. The molecule has 0 spiro atoms. The summed E-state index contributed by atoms with van der Waals surface area (Å²) in [6, 6.07) is 21.8. The number of unbranched alkanes of at least 4 members (excludes halogenated alkanes) is 1. The van der Waals surface area contributed by atoms with Gasteiger partial charge in [-0.25, -0.2) is 4.98 Å². The summed E-state index contributed by atoms with van der Waals surface area (Å²) in [5.41, 5.74) is 2.78. The van der Waals surface area contributed by atoms with E-state index < -0.39 is 19.5 Å². The zero-order valence-electron chi connectivity index (χ0n) is 38.8. The molecule has 3 aromatic rings. The Bertz CT molecular complexity index is 1820. The van der Waals surface area contributed by atoms with Crippen molar-refractivity contribution in [2.45, 2.75) is 170 Å². The highest BCUT2D eigenvalue weighted by atomic mass is 32.1. The van der Waals surface area contributed by atoms with Crippen LogP contribution in [0, 0.1) is 24.2 Å². The van der Waals surface area contributed by atoms with E-state index in [-0.39, 0.29) is 47.3 Å². The topological polar surface area (TPSA) is 76.1 Å². The minimum Gasteiger partial charge on any atom is -0.400 e. The minimum absolute atomic E-state index is 0.150. The van der Waals surface area contributed by atoms with Crippen molar-refractivity contribution >= 4 is 41.9 Å². The number of carbonyl (C=O) groups is 1. The number of thiazole rings is 1. The van der Waals surface area contributed by atoms with Crippen molar-refractivity contribution in [3.05, 3.63) is 94.0 Å². The van der Waals surface area contributed by atoms with Crippen LogP contribution in [-0.2, 0) is 28.2 Å². The van der Waals surface area contributed by atoms with Crippen molar-refractivity contribution in [3.8, 4) is 0 Å². The summed E-state index contributed by atoms with van der Waals surface area (Å²) < 4.78 is 32.8. The third-order valence-corrected chi connectivity index (χ3v) is 18.6. The number of rotatable bonds is 19. The summed E-state index contributed by atoms with van der Waals surface area (Å²) in [4.78, 5) is 19.2. The molecule has 5 rings (SSSR count). The number of aryl methyl sites for hydroxylation is 1. The lowest BCUT2D eigenvalue weighted by molar-refractivity contribution is -0.289. The Morgan fingerprint density at radius 1 is 0.967 bits per heavy atom. The third-order valence-electron chi connectivity index (χ3n) is 12.7. The van der Waals surface area contributed by atoms with E-state index in [4.69, 9.17) is 28.4 Å². The average molecular weight is 858 g/mol. The molecular weight excluding hydrogens is 783 g/mol. The zero-order chi connectivity index (χ0) is 43.7. The monoisotopic (exact) mass is 858 g/mol. The number of ether oxygens (including phenoxy) is 4. The van der Waals surface area contributed by atoms with Gasteiger partial charge in [0.2, 0.25) is 0 Å². The van der Waals surface area contributed by atoms with Gasteiger partial charge in [-0.1, -0.05) is 121 Å². The third kappa shape index (κ3) is 12.2. The molecule has 0 amide bonds. The summed E-state index contributed by atoms with van der Waals surface area (Å²) in [5.74, 6) is -0.694. The van der Waals surface area contributed by atoms with E-state index in [1.54, 1.807) is 11.3 Å². The van der Waals surface area contributed by atoms with E-state index in [0.717, 1.165) is 55.6 Å². The number of allylic oxidation sites excluding steroid dienone is 1. The normalized spacial score (nSPS) is 21.6. The van der Waals surface area contributed by atoms with E-state index >= 15 is 0 Å². The van der Waals surface area contributed by atoms with Crippen LogP contribution in [0.15, 0.2) is 83.3 Å². The molecule has 2 fully saturated rings. The van der Waals surface area contributed by atoms with Crippen LogP contribution < -0.4 is 10.4 Å². The maximum atomic E-state index is 14.4. The Labute approximate surface area is 367 Å². The lowest BCUT2D eigenvalue weighted by atomic mass is 9.72. The van der Waals surface area contributed by atoms with Crippen LogP contribution in [0.1, 0.15) is 138 Å². The minimum atomic E-state index is -2.84. The molecule has 0 saturated carbocycles. The number of benzene rings is 2. The van der Waals surface area contributed by atoms with Gasteiger partial charge < -0.3 is 23.4 Å². The fourth-order valence-electron chi connectivity index (χ4n) is 9.29. The quantitative estimate of drug-likeness (QED) is 0.0675. The molecule has 6 atom stereocenters. The molecule has 9 heteroatoms. The zero-order valence-corrected chi connectivity index (χ0v) is 40.7. The second kappa shape index (κ2) is 21.1. The molecule has 3 heterocycles. The number of hydrogen-bond donors (Lipinski definition) is 0. The van der Waals surface area contributed by atoms with Gasteiger partial charge in [0.1, 0.15) is 5.78 Å². The first-order valence-corrected chi connectivity index (χ1v) is 25.3. The van der Waals surface area contributed by atoms with E-state index in [1.165, 1.54) is 21.5 Å². The van der Waals surface area contributed by atoms with Gasteiger partial charge in [0.25, 0.3) is 8.32 Å². The van der Waals surface area contributed by atoms with Crippen LogP contribution in [0.5, 0.6) is 0 Å². The Hall–Kier alpha value is -2.76. The van der Waals surface area contributed by atoms with Gasteiger partial charge in [0, 0.05) is 17.9 Å². The van der Waals surface area contributed by atoms with E-state index in [9.17, 15) is 4.79 Å². The number of hydrogen-bond acceptors (Lipinski definition) is 8. The second-order valence-corrected chi connectivity index (χ2v) is 24.8. The van der Waals surface area contributed by atoms with Crippen molar-refractivity contribution in [2.75, 3.05) is 13.2 Å². The SMILES string of the molecule is C/C(=C\CCC[C@H](C)[C@H](OC1CCCCO1)C(C)C(=O)C(C)(C)[C@@H]1CCOC(C)(C)O1)C[C@H](O[Si](c1ccccc1)(c1ccccc1)C(C)(C)C)/C(C)=C/c1csc(C)n1. The molecule has 0 bridgehead atoms. The van der Waals surface area contributed by atoms with Crippen molar-refractivity contribution in [3.63, 3.8) is 0 Å². The van der Waals surface area contributed by atoms with Crippen LogP contribution in [-0.4, -0.2) is 62.7 Å². The molecule has 2 aliphatic heterocycles. The molecule has 330 valence electrons. The Morgan fingerprint density at radius 3 is 2.17 bits per heavy atom. The molecule has 2 saturated heterocycles. The Kier molecular flexibility index (Phi) is 17.0. The first-order valence-electron chi connectivity index (χ1n) is 22.5. The maximum absolute atomic E-state index is 14.4. The van der Waals surface area contributed by atoms with Gasteiger partial charge in [-0.15, -0.1) is 11.3 Å².